The summed E-state index contributed by atoms with van der Waals surface area (Å²) in [6, 6.07) is 14.6. The van der Waals surface area contributed by atoms with Gasteiger partial charge in [-0.2, -0.15) is 0 Å². The van der Waals surface area contributed by atoms with Crippen LogP contribution in [0.3, 0.4) is 0 Å². The molecule has 1 N–H and O–H groups in total. The van der Waals surface area contributed by atoms with Crippen LogP contribution in [-0.2, 0) is 9.53 Å². The number of nitrogens with one attached hydrogen (secondary N) is 1. The zero-order chi connectivity index (χ0) is 26.5. The van der Waals surface area contributed by atoms with Crippen molar-refractivity contribution in [1.82, 2.24) is 10.2 Å². The number of carbonyl (C=O) groups is 2. The molecule has 2 aromatic carbocycles. The summed E-state index contributed by atoms with van der Waals surface area (Å²) >= 11 is 6.29. The number of nitrogens with zero attached hydrogens (tertiary/aromatic N) is 1. The number of carbonyl (C=O) groups excluding carboxylic acids is 2. The van der Waals surface area contributed by atoms with Gasteiger partial charge in [0.25, 0.3) is 0 Å². The van der Waals surface area contributed by atoms with Gasteiger partial charge in [0, 0.05) is 5.02 Å². The molecule has 1 spiro atoms. The molecule has 1 saturated heterocycles. The third-order valence-electron chi connectivity index (χ3n) is 7.76. The summed E-state index contributed by atoms with van der Waals surface area (Å²) in [5.74, 6) is 1.05. The van der Waals surface area contributed by atoms with Crippen molar-refractivity contribution in [1.29, 1.82) is 0 Å². The molecule has 0 bridgehead atoms. The van der Waals surface area contributed by atoms with Crippen LogP contribution in [-0.4, -0.2) is 29.5 Å². The van der Waals surface area contributed by atoms with Gasteiger partial charge < -0.3 is 9.64 Å². The molecule has 2 atom stereocenters. The lowest BCUT2D eigenvalue weighted by Gasteiger charge is -2.47. The number of rotatable bonds is 6. The lowest BCUT2D eigenvalue weighted by atomic mass is 9.76. The third-order valence-corrected chi connectivity index (χ3v) is 7.99. The van der Waals surface area contributed by atoms with E-state index in [0.29, 0.717) is 22.4 Å². The van der Waals surface area contributed by atoms with Gasteiger partial charge in [-0.15, -0.1) is 0 Å². The predicted octanol–water partition coefficient (Wildman–Crippen LogP) is 7.32. The van der Waals surface area contributed by atoms with Gasteiger partial charge in [-0.25, -0.2) is 4.79 Å². The second kappa shape index (κ2) is 12.2. The average Bonchev–Trinajstić information content (AvgIpc) is 3.17. The van der Waals surface area contributed by atoms with Gasteiger partial charge in [0.2, 0.25) is 5.91 Å². The molecule has 6 heteroatoms. The normalized spacial score (nSPS) is 24.4. The van der Waals surface area contributed by atoms with E-state index < -0.39 is 11.7 Å². The topological polar surface area (TPSA) is 58.6 Å². The lowest BCUT2D eigenvalue weighted by molar-refractivity contribution is -0.137. The minimum Gasteiger partial charge on any atom is -0.465 e. The SMILES string of the molecule is CC.CCC(c1ccc(C(=O)OC)cc1)N1C(=O)C(c2cccc(Cl)c2)NC12CCC(C(C)C)CC2. The van der Waals surface area contributed by atoms with E-state index in [1.165, 1.54) is 7.11 Å². The van der Waals surface area contributed by atoms with Gasteiger partial charge in [0.05, 0.1) is 24.4 Å². The molecule has 0 aromatic heterocycles. The van der Waals surface area contributed by atoms with E-state index in [1.807, 2.05) is 50.2 Å². The van der Waals surface area contributed by atoms with Crippen LogP contribution in [0.25, 0.3) is 0 Å². The van der Waals surface area contributed by atoms with E-state index >= 15 is 0 Å². The van der Waals surface area contributed by atoms with E-state index in [2.05, 4.69) is 31.0 Å². The Morgan fingerprint density at radius 3 is 2.31 bits per heavy atom. The van der Waals surface area contributed by atoms with E-state index in [1.54, 1.807) is 12.1 Å². The van der Waals surface area contributed by atoms with Crippen LogP contribution in [0.2, 0.25) is 5.02 Å². The van der Waals surface area contributed by atoms with E-state index in [4.69, 9.17) is 16.3 Å². The van der Waals surface area contributed by atoms with E-state index in [0.717, 1.165) is 43.2 Å². The smallest absolute Gasteiger partial charge is 0.337 e. The van der Waals surface area contributed by atoms with Crippen LogP contribution in [0, 0.1) is 11.8 Å². The largest absolute Gasteiger partial charge is 0.465 e. The van der Waals surface area contributed by atoms with Crippen LogP contribution < -0.4 is 5.32 Å². The first kappa shape index (κ1) is 28.2. The average molecular weight is 513 g/mol. The first-order valence-corrected chi connectivity index (χ1v) is 13.7. The highest BCUT2D eigenvalue weighted by molar-refractivity contribution is 6.30. The zero-order valence-corrected chi connectivity index (χ0v) is 23.3. The summed E-state index contributed by atoms with van der Waals surface area (Å²) in [5.41, 5.74) is 2.05. The second-order valence-electron chi connectivity index (χ2n) is 9.99. The number of methoxy groups -OCH3 is 1. The predicted molar refractivity (Wildman–Crippen MR) is 146 cm³/mol. The van der Waals surface area contributed by atoms with Crippen molar-refractivity contribution in [3.8, 4) is 0 Å². The molecule has 1 saturated carbocycles. The molecular weight excluding hydrogens is 472 g/mol. The Kier molecular flexibility index (Phi) is 9.59. The quantitative estimate of drug-likeness (QED) is 0.412. The Hall–Kier alpha value is -2.37. The minimum absolute atomic E-state index is 0.0912. The molecule has 4 rings (SSSR count). The number of halogens is 1. The van der Waals surface area contributed by atoms with Crippen molar-refractivity contribution >= 4 is 23.5 Å². The van der Waals surface area contributed by atoms with Gasteiger partial charge in [-0.1, -0.05) is 70.5 Å². The Morgan fingerprint density at radius 2 is 1.78 bits per heavy atom. The Morgan fingerprint density at radius 1 is 1.14 bits per heavy atom. The number of hydrogen-bond acceptors (Lipinski definition) is 4. The molecule has 5 nitrogen and oxygen atoms in total. The number of amides is 1. The van der Waals surface area contributed by atoms with Gasteiger partial charge in [0.1, 0.15) is 6.04 Å². The minimum atomic E-state index is -0.419. The summed E-state index contributed by atoms with van der Waals surface area (Å²) < 4.78 is 4.85. The Labute approximate surface area is 221 Å². The third kappa shape index (κ3) is 5.63. The van der Waals surface area contributed by atoms with Crippen molar-refractivity contribution in [2.45, 2.75) is 84.5 Å². The molecule has 2 aliphatic rings. The fourth-order valence-corrected chi connectivity index (χ4v) is 6.01. The van der Waals surface area contributed by atoms with E-state index in [-0.39, 0.29) is 17.9 Å². The maximum atomic E-state index is 14.0. The van der Waals surface area contributed by atoms with Crippen molar-refractivity contribution in [2.24, 2.45) is 11.8 Å². The molecule has 1 heterocycles. The molecule has 0 radical (unpaired) electrons. The molecular formula is C30H41ClN2O3. The van der Waals surface area contributed by atoms with Gasteiger partial charge in [0.15, 0.2) is 0 Å². The number of esters is 1. The van der Waals surface area contributed by atoms with Crippen molar-refractivity contribution in [2.75, 3.05) is 7.11 Å². The molecule has 1 aliphatic heterocycles. The highest BCUT2D eigenvalue weighted by atomic mass is 35.5. The van der Waals surface area contributed by atoms with Crippen LogP contribution in [0.4, 0.5) is 0 Å². The molecule has 196 valence electrons. The van der Waals surface area contributed by atoms with Crippen molar-refractivity contribution in [3.05, 3.63) is 70.2 Å². The standard InChI is InChI=1S/C28H35ClN2O3.C2H6/c1-5-24(20-9-11-21(12-10-20)27(33)34-4)31-26(32)25(22-7-6-8-23(29)17-22)30-28(31)15-13-19(14-16-28)18(2)3;1-2/h6-12,17-19,24-25,30H,5,13-16H2,1-4H3;1-2H3. The Balaban J connectivity index is 0.00000176. The molecule has 36 heavy (non-hydrogen) atoms. The lowest BCUT2D eigenvalue weighted by Crippen LogP contribution is -2.55. The first-order chi connectivity index (χ1) is 17.3. The summed E-state index contributed by atoms with van der Waals surface area (Å²) in [6.45, 7) is 10.7. The highest BCUT2D eigenvalue weighted by Crippen LogP contribution is 2.48. The maximum absolute atomic E-state index is 14.0. The Bertz CT molecular complexity index is 1030. The van der Waals surface area contributed by atoms with Crippen LogP contribution >= 0.6 is 11.6 Å². The fourth-order valence-electron chi connectivity index (χ4n) is 5.81. The first-order valence-electron chi connectivity index (χ1n) is 13.3. The highest BCUT2D eigenvalue weighted by Gasteiger charge is 2.54. The number of benzene rings is 2. The summed E-state index contributed by atoms with van der Waals surface area (Å²) in [6.07, 6.45) is 4.82. The van der Waals surface area contributed by atoms with Gasteiger partial charge in [-0.3, -0.25) is 10.1 Å². The molecule has 2 aromatic rings. The zero-order valence-electron chi connectivity index (χ0n) is 22.5. The van der Waals surface area contributed by atoms with E-state index in [9.17, 15) is 9.59 Å². The summed E-state index contributed by atoms with van der Waals surface area (Å²) in [7, 11) is 1.38. The van der Waals surface area contributed by atoms with Gasteiger partial charge >= 0.3 is 5.97 Å². The second-order valence-corrected chi connectivity index (χ2v) is 10.4. The molecule has 1 aliphatic carbocycles. The van der Waals surface area contributed by atoms with Crippen LogP contribution in [0.15, 0.2) is 48.5 Å². The van der Waals surface area contributed by atoms with Crippen molar-refractivity contribution in [3.63, 3.8) is 0 Å². The van der Waals surface area contributed by atoms with Crippen LogP contribution in [0.5, 0.6) is 0 Å². The molecule has 1 amide bonds. The monoisotopic (exact) mass is 512 g/mol. The van der Waals surface area contributed by atoms with Crippen LogP contribution in [0.1, 0.15) is 100 Å². The summed E-state index contributed by atoms with van der Waals surface area (Å²) in [4.78, 5) is 28.1. The molecule has 2 unspecified atom stereocenters. The number of hydrogen-bond donors (Lipinski definition) is 1. The number of ether oxygens (including phenoxy) is 1. The molecule has 2 fully saturated rings. The van der Waals surface area contributed by atoms with Crippen molar-refractivity contribution < 1.29 is 14.3 Å². The van der Waals surface area contributed by atoms with Gasteiger partial charge in [-0.05, 0) is 79.3 Å². The fraction of sp³-hybridized carbons (Fsp3) is 0.533. The maximum Gasteiger partial charge on any atom is 0.337 e. The summed E-state index contributed by atoms with van der Waals surface area (Å²) in [5, 5.41) is 4.41.